The summed E-state index contributed by atoms with van der Waals surface area (Å²) in [4.78, 5) is 24.5. The summed E-state index contributed by atoms with van der Waals surface area (Å²) in [5.74, 6) is -0.332. The first-order valence-corrected chi connectivity index (χ1v) is 8.39. The molecule has 0 saturated heterocycles. The van der Waals surface area contributed by atoms with Crippen molar-refractivity contribution in [1.82, 2.24) is 9.97 Å². The van der Waals surface area contributed by atoms with Gasteiger partial charge in [-0.2, -0.15) is 0 Å². The Labute approximate surface area is 152 Å². The first-order chi connectivity index (χ1) is 12.8. The van der Waals surface area contributed by atoms with Gasteiger partial charge in [-0.15, -0.1) is 0 Å². The molecule has 0 aliphatic heterocycles. The van der Waals surface area contributed by atoms with Gasteiger partial charge in [-0.3, -0.25) is 19.8 Å². The molecule has 0 fully saturated rings. The van der Waals surface area contributed by atoms with Crippen LogP contribution >= 0.6 is 0 Å². The number of carbonyl (C=O) groups excluding carboxylic acids is 1. The van der Waals surface area contributed by atoms with E-state index in [0.29, 0.717) is 12.2 Å². The Morgan fingerprint density at radius 2 is 1.58 bits per heavy atom. The molecule has 0 radical (unpaired) electrons. The topological polar surface area (TPSA) is 64.4 Å². The molecule has 3 rings (SSSR count). The van der Waals surface area contributed by atoms with Crippen molar-refractivity contribution < 1.29 is 9.53 Å². The van der Waals surface area contributed by atoms with Crippen molar-refractivity contribution in [3.8, 4) is 0 Å². The molecular weight excluding hydrogens is 326 g/mol. The average molecular weight is 345 g/mol. The molecule has 0 atom stereocenters. The van der Waals surface area contributed by atoms with Crippen molar-refractivity contribution >= 4 is 11.7 Å². The zero-order chi connectivity index (χ0) is 18.0. The summed E-state index contributed by atoms with van der Waals surface area (Å²) < 4.78 is 5.25. The van der Waals surface area contributed by atoms with Gasteiger partial charge in [-0.05, 0) is 0 Å². The molecule has 0 unspecified atom stereocenters. The smallest absolute Gasteiger partial charge is 0.311 e. The highest BCUT2D eigenvalue weighted by Gasteiger charge is 2.08. The van der Waals surface area contributed by atoms with Gasteiger partial charge in [0.25, 0.3) is 0 Å². The molecule has 26 heavy (non-hydrogen) atoms. The molecule has 5 heteroatoms. The Balaban J connectivity index is 1.61. The number of esters is 1. The highest BCUT2D eigenvalue weighted by Crippen LogP contribution is 2.11. The normalized spacial score (nSPS) is 10.2. The van der Waals surface area contributed by atoms with Crippen molar-refractivity contribution in [1.29, 1.82) is 0 Å². The lowest BCUT2D eigenvalue weighted by Crippen LogP contribution is -2.13. The largest absolute Gasteiger partial charge is 0.463 e. The highest BCUT2D eigenvalue weighted by atomic mass is 16.5. The number of hydrogen-bond acceptors (Lipinski definition) is 5. The van der Waals surface area contributed by atoms with Crippen molar-refractivity contribution in [3.63, 3.8) is 0 Å². The lowest BCUT2D eigenvalue weighted by Gasteiger charge is -2.08. The van der Waals surface area contributed by atoms with E-state index in [0.717, 1.165) is 16.8 Å². The van der Waals surface area contributed by atoms with Crippen LogP contribution in [0.15, 0.2) is 84.2 Å². The third-order valence-electron chi connectivity index (χ3n) is 3.66. The van der Waals surface area contributed by atoms with Gasteiger partial charge < -0.3 is 4.74 Å². The van der Waals surface area contributed by atoms with Gasteiger partial charge in [0, 0.05) is 29.7 Å². The summed E-state index contributed by atoms with van der Waals surface area (Å²) in [6.07, 6.45) is 4.79. The first-order valence-electron chi connectivity index (χ1n) is 8.39. The van der Waals surface area contributed by atoms with Crippen molar-refractivity contribution in [2.45, 2.75) is 6.42 Å². The summed E-state index contributed by atoms with van der Waals surface area (Å²) >= 11 is 0. The lowest BCUT2D eigenvalue weighted by atomic mass is 10.0. The number of aliphatic imine (C=N–C) groups is 1. The van der Waals surface area contributed by atoms with Crippen LogP contribution in [0.3, 0.4) is 0 Å². The molecule has 0 aliphatic carbocycles. The first kappa shape index (κ1) is 17.5. The van der Waals surface area contributed by atoms with E-state index >= 15 is 0 Å². The van der Waals surface area contributed by atoms with Gasteiger partial charge >= 0.3 is 5.97 Å². The molecule has 0 bridgehead atoms. The van der Waals surface area contributed by atoms with Gasteiger partial charge in [0.15, 0.2) is 0 Å². The van der Waals surface area contributed by atoms with E-state index in [9.17, 15) is 4.79 Å². The van der Waals surface area contributed by atoms with Crippen molar-refractivity contribution in [2.75, 3.05) is 13.2 Å². The van der Waals surface area contributed by atoms with Crippen LogP contribution in [-0.2, 0) is 16.0 Å². The summed E-state index contributed by atoms with van der Waals surface area (Å²) in [5.41, 5.74) is 3.54. The molecule has 0 amide bonds. The summed E-state index contributed by atoms with van der Waals surface area (Å²) in [6.45, 7) is 0.619. The van der Waals surface area contributed by atoms with Crippen LogP contribution in [0.25, 0.3) is 0 Å². The Morgan fingerprint density at radius 1 is 0.923 bits per heavy atom. The van der Waals surface area contributed by atoms with Crippen molar-refractivity contribution in [2.24, 2.45) is 4.99 Å². The van der Waals surface area contributed by atoms with Gasteiger partial charge in [0.2, 0.25) is 0 Å². The number of hydrogen-bond donors (Lipinski definition) is 0. The highest BCUT2D eigenvalue weighted by molar-refractivity contribution is 6.12. The maximum Gasteiger partial charge on any atom is 0.311 e. The SMILES string of the molecule is O=C(Cc1cnccn1)OCCN=C(c1ccccc1)c1ccccc1. The van der Waals surface area contributed by atoms with Crippen LogP contribution in [0.2, 0.25) is 0 Å². The maximum atomic E-state index is 11.9. The van der Waals surface area contributed by atoms with Gasteiger partial charge in [0.05, 0.1) is 24.4 Å². The van der Waals surface area contributed by atoms with E-state index < -0.39 is 0 Å². The summed E-state index contributed by atoms with van der Waals surface area (Å²) in [6, 6.07) is 19.9. The summed E-state index contributed by atoms with van der Waals surface area (Å²) in [7, 11) is 0. The summed E-state index contributed by atoms with van der Waals surface area (Å²) in [5, 5.41) is 0. The molecule has 0 aliphatic rings. The Bertz CT molecular complexity index is 809. The van der Waals surface area contributed by atoms with Crippen LogP contribution < -0.4 is 0 Å². The van der Waals surface area contributed by atoms with E-state index in [1.54, 1.807) is 18.6 Å². The number of aromatic nitrogens is 2. The van der Waals surface area contributed by atoms with E-state index in [4.69, 9.17) is 4.74 Å². The number of nitrogens with zero attached hydrogens (tertiary/aromatic N) is 3. The van der Waals surface area contributed by atoms with Crippen LogP contribution in [0.5, 0.6) is 0 Å². The molecule has 1 aromatic heterocycles. The number of carbonyl (C=O) groups is 1. The third-order valence-corrected chi connectivity index (χ3v) is 3.66. The van der Waals surface area contributed by atoms with E-state index in [2.05, 4.69) is 15.0 Å². The Kier molecular flexibility index (Phi) is 6.20. The monoisotopic (exact) mass is 345 g/mol. The second-order valence-electron chi connectivity index (χ2n) is 5.56. The Morgan fingerprint density at radius 3 is 2.15 bits per heavy atom. The zero-order valence-electron chi connectivity index (χ0n) is 14.3. The van der Waals surface area contributed by atoms with E-state index in [1.807, 2.05) is 60.7 Å². The predicted molar refractivity (Wildman–Crippen MR) is 100 cm³/mol. The lowest BCUT2D eigenvalue weighted by molar-refractivity contribution is -0.142. The molecule has 3 aromatic rings. The minimum atomic E-state index is -0.332. The number of rotatable bonds is 7. The molecule has 0 spiro atoms. The van der Waals surface area contributed by atoms with Gasteiger partial charge in [-0.25, -0.2) is 0 Å². The van der Waals surface area contributed by atoms with Crippen LogP contribution in [0.1, 0.15) is 16.8 Å². The van der Waals surface area contributed by atoms with Crippen LogP contribution in [-0.4, -0.2) is 34.8 Å². The third kappa shape index (κ3) is 5.08. The fourth-order valence-electron chi connectivity index (χ4n) is 2.48. The molecule has 0 N–H and O–H groups in total. The molecular formula is C21H19N3O2. The quantitative estimate of drug-likeness (QED) is 0.375. The molecule has 5 nitrogen and oxygen atoms in total. The molecule has 1 heterocycles. The fourth-order valence-corrected chi connectivity index (χ4v) is 2.48. The minimum Gasteiger partial charge on any atom is -0.463 e. The maximum absolute atomic E-state index is 11.9. The van der Waals surface area contributed by atoms with Gasteiger partial charge in [-0.1, -0.05) is 60.7 Å². The average Bonchev–Trinajstić information content (AvgIpc) is 2.70. The Hall–Kier alpha value is -3.34. The zero-order valence-corrected chi connectivity index (χ0v) is 14.3. The van der Waals surface area contributed by atoms with E-state index in [1.165, 1.54) is 0 Å². The number of benzene rings is 2. The van der Waals surface area contributed by atoms with Crippen LogP contribution in [0.4, 0.5) is 0 Å². The molecule has 0 saturated carbocycles. The van der Waals surface area contributed by atoms with Crippen LogP contribution in [0, 0.1) is 0 Å². The van der Waals surface area contributed by atoms with Crippen molar-refractivity contribution in [3.05, 3.63) is 96.1 Å². The molecule has 130 valence electrons. The predicted octanol–water partition coefficient (Wildman–Crippen LogP) is 3.10. The second kappa shape index (κ2) is 9.22. The number of ether oxygens (including phenoxy) is 1. The standard InChI is InChI=1S/C21H19N3O2/c25-20(15-19-16-22-11-12-23-19)26-14-13-24-21(17-7-3-1-4-8-17)18-9-5-2-6-10-18/h1-12,16H,13-15H2. The van der Waals surface area contributed by atoms with E-state index in [-0.39, 0.29) is 19.0 Å². The fraction of sp³-hybridized carbons (Fsp3) is 0.143. The molecule has 2 aromatic carbocycles. The van der Waals surface area contributed by atoms with Gasteiger partial charge in [0.1, 0.15) is 6.61 Å². The minimum absolute atomic E-state index is 0.113. The second-order valence-corrected chi connectivity index (χ2v) is 5.56.